The van der Waals surface area contributed by atoms with Crippen molar-refractivity contribution in [3.63, 3.8) is 0 Å². The van der Waals surface area contributed by atoms with Crippen LogP contribution in [-0.4, -0.2) is 11.0 Å². The molecule has 2 N–H and O–H groups in total. The first kappa shape index (κ1) is 12.3. The van der Waals surface area contributed by atoms with Crippen molar-refractivity contribution in [2.24, 2.45) is 0 Å². The summed E-state index contributed by atoms with van der Waals surface area (Å²) in [5.74, 6) is -0.993. The smallest absolute Gasteiger partial charge is 0.231 e. The molecule has 2 unspecified atom stereocenters. The molecule has 3 rings (SSSR count). The Morgan fingerprint density at radius 2 is 2.26 bits per heavy atom. The summed E-state index contributed by atoms with van der Waals surface area (Å²) < 4.78 is 13.7. The van der Waals surface area contributed by atoms with Crippen LogP contribution >= 0.6 is 11.3 Å². The molecular formula is C14H12FNO2S. The third-order valence-electron chi connectivity index (χ3n) is 3.38. The number of carbonyl (C=O) groups excluding carboxylic acids is 1. The average Bonchev–Trinajstić information content (AvgIpc) is 3.00. The van der Waals surface area contributed by atoms with Gasteiger partial charge < -0.3 is 10.4 Å². The molecule has 98 valence electrons. The zero-order valence-corrected chi connectivity index (χ0v) is 11.0. The molecule has 19 heavy (non-hydrogen) atoms. The summed E-state index contributed by atoms with van der Waals surface area (Å²) >= 11 is 1.39. The van der Waals surface area contributed by atoms with Crippen molar-refractivity contribution in [3.05, 3.63) is 51.5 Å². The van der Waals surface area contributed by atoms with Crippen LogP contribution in [0.25, 0.3) is 0 Å². The van der Waals surface area contributed by atoms with Gasteiger partial charge in [0.25, 0.3) is 0 Å². The van der Waals surface area contributed by atoms with Gasteiger partial charge in [-0.1, -0.05) is 6.07 Å². The highest BCUT2D eigenvalue weighted by Crippen LogP contribution is 2.40. The first-order valence-electron chi connectivity index (χ1n) is 5.93. The number of thiophene rings is 1. The molecule has 5 heteroatoms. The van der Waals surface area contributed by atoms with E-state index in [2.05, 4.69) is 5.32 Å². The quantitative estimate of drug-likeness (QED) is 0.886. The van der Waals surface area contributed by atoms with Crippen LogP contribution in [-0.2, 0) is 4.79 Å². The minimum absolute atomic E-state index is 0.166. The summed E-state index contributed by atoms with van der Waals surface area (Å²) in [5.41, 5.74) is 1.56. The van der Waals surface area contributed by atoms with E-state index >= 15 is 0 Å². The van der Waals surface area contributed by atoms with Gasteiger partial charge in [-0.3, -0.25) is 4.79 Å². The van der Waals surface area contributed by atoms with Crippen molar-refractivity contribution in [2.75, 3.05) is 5.32 Å². The maximum Gasteiger partial charge on any atom is 0.231 e. The number of fused-ring (bicyclic) bond motifs is 1. The molecule has 0 saturated heterocycles. The first-order valence-corrected chi connectivity index (χ1v) is 6.81. The fraction of sp³-hybridized carbons (Fsp3) is 0.214. The van der Waals surface area contributed by atoms with Crippen LogP contribution in [0.3, 0.4) is 0 Å². The molecule has 2 atom stereocenters. The van der Waals surface area contributed by atoms with E-state index in [0.29, 0.717) is 16.8 Å². The lowest BCUT2D eigenvalue weighted by Gasteiger charge is -2.14. The van der Waals surface area contributed by atoms with E-state index in [9.17, 15) is 14.3 Å². The van der Waals surface area contributed by atoms with Crippen molar-refractivity contribution in [1.29, 1.82) is 0 Å². The summed E-state index contributed by atoms with van der Waals surface area (Å²) in [6, 6.07) is 6.24. The number of hydrogen-bond donors (Lipinski definition) is 2. The van der Waals surface area contributed by atoms with Crippen LogP contribution in [0.4, 0.5) is 10.1 Å². The zero-order chi connectivity index (χ0) is 13.6. The Balaban J connectivity index is 2.13. The van der Waals surface area contributed by atoms with Crippen molar-refractivity contribution in [3.8, 4) is 0 Å². The van der Waals surface area contributed by atoms with Gasteiger partial charge in [0.2, 0.25) is 5.91 Å². The monoisotopic (exact) mass is 277 g/mol. The molecule has 1 aromatic carbocycles. The van der Waals surface area contributed by atoms with Crippen molar-refractivity contribution < 1.29 is 14.3 Å². The molecule has 0 aliphatic carbocycles. The fourth-order valence-electron chi connectivity index (χ4n) is 2.32. The van der Waals surface area contributed by atoms with Crippen LogP contribution in [0, 0.1) is 5.82 Å². The molecule has 2 heterocycles. The highest BCUT2D eigenvalue weighted by molar-refractivity contribution is 7.10. The Morgan fingerprint density at radius 3 is 2.95 bits per heavy atom. The number of halogens is 1. The van der Waals surface area contributed by atoms with Crippen molar-refractivity contribution >= 4 is 22.9 Å². The highest BCUT2D eigenvalue weighted by atomic mass is 32.1. The molecule has 3 nitrogen and oxygen atoms in total. The number of amides is 1. The lowest BCUT2D eigenvalue weighted by Crippen LogP contribution is -2.09. The largest absolute Gasteiger partial charge is 0.383 e. The van der Waals surface area contributed by atoms with Gasteiger partial charge in [0.15, 0.2) is 0 Å². The number of benzene rings is 1. The predicted octanol–water partition coefficient (Wildman–Crippen LogP) is 3.02. The number of nitrogens with one attached hydrogen (secondary N) is 1. The van der Waals surface area contributed by atoms with Crippen LogP contribution in [0.5, 0.6) is 0 Å². The van der Waals surface area contributed by atoms with Crippen LogP contribution in [0.15, 0.2) is 29.6 Å². The molecule has 0 fully saturated rings. The van der Waals surface area contributed by atoms with Crippen LogP contribution in [0.1, 0.15) is 34.9 Å². The molecule has 1 aliphatic rings. The van der Waals surface area contributed by atoms with E-state index in [1.165, 1.54) is 23.5 Å². The summed E-state index contributed by atoms with van der Waals surface area (Å²) in [6.45, 7) is 1.72. The third-order valence-corrected chi connectivity index (χ3v) is 4.30. The average molecular weight is 277 g/mol. The number of carbonyl (C=O) groups is 1. The third kappa shape index (κ3) is 1.95. The predicted molar refractivity (Wildman–Crippen MR) is 71.8 cm³/mol. The molecule has 1 aliphatic heterocycles. The topological polar surface area (TPSA) is 49.3 Å². The molecule has 0 saturated carbocycles. The van der Waals surface area contributed by atoms with E-state index in [0.717, 1.165) is 4.88 Å². The van der Waals surface area contributed by atoms with Crippen LogP contribution in [0.2, 0.25) is 0 Å². The normalized spacial score (nSPS) is 19.1. The van der Waals surface area contributed by atoms with Gasteiger partial charge >= 0.3 is 0 Å². The maximum atomic E-state index is 13.7. The fourth-order valence-corrected chi connectivity index (χ4v) is 3.05. The van der Waals surface area contributed by atoms with Gasteiger partial charge in [-0.15, -0.1) is 11.3 Å². The molecule has 1 amide bonds. The Bertz CT molecular complexity index is 639. The van der Waals surface area contributed by atoms with E-state index in [-0.39, 0.29) is 11.8 Å². The van der Waals surface area contributed by atoms with E-state index < -0.39 is 11.9 Å². The van der Waals surface area contributed by atoms with Gasteiger partial charge in [-0.2, -0.15) is 0 Å². The number of hydrogen-bond acceptors (Lipinski definition) is 3. The Morgan fingerprint density at radius 1 is 1.47 bits per heavy atom. The number of rotatable bonds is 2. The van der Waals surface area contributed by atoms with Gasteiger partial charge in [-0.05, 0) is 36.1 Å². The van der Waals surface area contributed by atoms with Crippen molar-refractivity contribution in [2.45, 2.75) is 18.9 Å². The lowest BCUT2D eigenvalue weighted by molar-refractivity contribution is -0.116. The molecule has 2 aromatic rings. The second kappa shape index (κ2) is 4.43. The second-order valence-electron chi connectivity index (χ2n) is 4.59. The Hall–Kier alpha value is -1.72. The highest BCUT2D eigenvalue weighted by Gasteiger charge is 2.31. The van der Waals surface area contributed by atoms with Gasteiger partial charge in [0.1, 0.15) is 11.9 Å². The van der Waals surface area contributed by atoms with Gasteiger partial charge in [0, 0.05) is 10.4 Å². The number of aliphatic hydroxyl groups excluding tert-OH is 1. The molecule has 0 radical (unpaired) electrons. The molecule has 0 spiro atoms. The minimum atomic E-state index is -0.921. The number of aliphatic hydroxyl groups is 1. The van der Waals surface area contributed by atoms with Gasteiger partial charge in [0.05, 0.1) is 11.6 Å². The zero-order valence-electron chi connectivity index (χ0n) is 10.2. The molecular weight excluding hydrogens is 265 g/mol. The summed E-state index contributed by atoms with van der Waals surface area (Å²) in [7, 11) is 0. The van der Waals surface area contributed by atoms with Gasteiger partial charge in [-0.25, -0.2) is 4.39 Å². The summed E-state index contributed by atoms with van der Waals surface area (Å²) in [4.78, 5) is 12.4. The maximum absolute atomic E-state index is 13.7. The first-order chi connectivity index (χ1) is 9.08. The van der Waals surface area contributed by atoms with Crippen LogP contribution < -0.4 is 5.32 Å². The Kier molecular flexibility index (Phi) is 2.88. The summed E-state index contributed by atoms with van der Waals surface area (Å²) in [6.07, 6.45) is -0.921. The Labute approximate surface area is 113 Å². The standard InChI is InChI=1S/C14H12FNO2S/c1-7-9-5-8(15)6-10(12(9)16-14(7)18)13(17)11-3-2-4-19-11/h2-7,13,17H,1H3,(H,16,18). The SMILES string of the molecule is CC1C(=O)Nc2c1cc(F)cc2C(O)c1cccs1. The van der Waals surface area contributed by atoms with E-state index in [4.69, 9.17) is 0 Å². The molecule has 0 bridgehead atoms. The molecule has 1 aromatic heterocycles. The second-order valence-corrected chi connectivity index (χ2v) is 5.57. The minimum Gasteiger partial charge on any atom is -0.383 e. The number of anilines is 1. The van der Waals surface area contributed by atoms with E-state index in [1.807, 2.05) is 11.4 Å². The lowest BCUT2D eigenvalue weighted by atomic mass is 9.97. The van der Waals surface area contributed by atoms with Crippen molar-refractivity contribution in [1.82, 2.24) is 0 Å². The van der Waals surface area contributed by atoms with E-state index in [1.54, 1.807) is 13.0 Å². The summed E-state index contributed by atoms with van der Waals surface area (Å²) in [5, 5.41) is 14.9.